The van der Waals surface area contributed by atoms with Crippen LogP contribution in [0.5, 0.6) is 0 Å². The molecule has 170 valence electrons. The van der Waals surface area contributed by atoms with Gasteiger partial charge < -0.3 is 9.64 Å². The summed E-state index contributed by atoms with van der Waals surface area (Å²) in [5, 5.41) is 0. The summed E-state index contributed by atoms with van der Waals surface area (Å²) in [5.41, 5.74) is 1.83. The average molecular weight is 429 g/mol. The van der Waals surface area contributed by atoms with Gasteiger partial charge in [-0.05, 0) is 58.8 Å². The third kappa shape index (κ3) is 4.92. The molecule has 7 nitrogen and oxygen atoms in total. The quantitative estimate of drug-likeness (QED) is 0.690. The monoisotopic (exact) mass is 428 g/mol. The van der Waals surface area contributed by atoms with E-state index in [0.717, 1.165) is 42.9 Å². The third-order valence-corrected chi connectivity index (χ3v) is 6.92. The number of carbonyl (C=O) groups excluding carboxylic acids is 2. The molecule has 2 amide bonds. The summed E-state index contributed by atoms with van der Waals surface area (Å²) >= 11 is 0. The number of aromatic nitrogens is 2. The highest BCUT2D eigenvalue weighted by atomic mass is 16.5. The molecule has 1 atom stereocenters. The maximum Gasteiger partial charge on any atom is 0.249 e. The van der Waals surface area contributed by atoms with Gasteiger partial charge in [0, 0.05) is 24.3 Å². The largest absolute Gasteiger partial charge is 0.369 e. The first kappa shape index (κ1) is 22.2. The van der Waals surface area contributed by atoms with Crippen LogP contribution in [0.4, 0.5) is 5.82 Å². The number of amides is 2. The molecule has 1 saturated carbocycles. The summed E-state index contributed by atoms with van der Waals surface area (Å²) in [6.07, 6.45) is 9.49. The SMILES string of the molecule is Cc1nc(C2CCCCN2C(=O)COC(C)C)nc2c1CC(=O)N2CC1CCCCC1. The first-order valence-electron chi connectivity index (χ1n) is 12.0. The van der Waals surface area contributed by atoms with Crippen LogP contribution in [-0.4, -0.2) is 52.5 Å². The molecular formula is C24H36N4O3. The second-order valence-electron chi connectivity index (χ2n) is 9.61. The Morgan fingerprint density at radius 1 is 1.10 bits per heavy atom. The third-order valence-electron chi connectivity index (χ3n) is 6.92. The van der Waals surface area contributed by atoms with Crippen LogP contribution < -0.4 is 4.90 Å². The summed E-state index contributed by atoms with van der Waals surface area (Å²) in [4.78, 5) is 39.2. The van der Waals surface area contributed by atoms with Crippen molar-refractivity contribution < 1.29 is 14.3 Å². The molecule has 31 heavy (non-hydrogen) atoms. The molecule has 4 rings (SSSR count). The van der Waals surface area contributed by atoms with Gasteiger partial charge in [0.1, 0.15) is 12.4 Å². The number of likely N-dealkylation sites (tertiary alicyclic amines) is 1. The van der Waals surface area contributed by atoms with Crippen LogP contribution in [0.1, 0.15) is 88.3 Å². The number of piperidine rings is 1. The Morgan fingerprint density at radius 2 is 1.84 bits per heavy atom. The first-order valence-corrected chi connectivity index (χ1v) is 12.0. The fourth-order valence-electron chi connectivity index (χ4n) is 5.18. The Kier molecular flexibility index (Phi) is 6.89. The maximum absolute atomic E-state index is 12.9. The summed E-state index contributed by atoms with van der Waals surface area (Å²) in [6, 6.07) is -0.145. The fraction of sp³-hybridized carbons (Fsp3) is 0.750. The zero-order valence-electron chi connectivity index (χ0n) is 19.2. The number of aryl methyl sites for hydroxylation is 1. The van der Waals surface area contributed by atoms with E-state index < -0.39 is 0 Å². The van der Waals surface area contributed by atoms with Gasteiger partial charge in [0.15, 0.2) is 5.82 Å². The van der Waals surface area contributed by atoms with E-state index in [1.165, 1.54) is 32.1 Å². The van der Waals surface area contributed by atoms with Gasteiger partial charge >= 0.3 is 0 Å². The summed E-state index contributed by atoms with van der Waals surface area (Å²) in [7, 11) is 0. The first-order chi connectivity index (χ1) is 14.9. The van der Waals surface area contributed by atoms with E-state index in [4.69, 9.17) is 14.7 Å². The molecule has 1 aromatic rings. The average Bonchev–Trinajstić information content (AvgIpc) is 3.08. The molecular weight excluding hydrogens is 392 g/mol. The number of carbonyl (C=O) groups is 2. The molecule has 1 aliphatic carbocycles. The lowest BCUT2D eigenvalue weighted by Crippen LogP contribution is -2.42. The summed E-state index contributed by atoms with van der Waals surface area (Å²) in [6.45, 7) is 7.40. The molecule has 0 N–H and O–H groups in total. The normalized spacial score (nSPS) is 22.3. The molecule has 2 fully saturated rings. The van der Waals surface area contributed by atoms with Crippen LogP contribution in [0.15, 0.2) is 0 Å². The molecule has 1 unspecified atom stereocenters. The van der Waals surface area contributed by atoms with Crippen LogP contribution in [0, 0.1) is 12.8 Å². The molecule has 2 aliphatic heterocycles. The molecule has 7 heteroatoms. The Hall–Kier alpha value is -2.02. The zero-order valence-corrected chi connectivity index (χ0v) is 19.2. The Balaban J connectivity index is 1.58. The standard InChI is InChI=1S/C24H36N4O3/c1-16(2)31-15-22(30)27-12-8-7-11-20(27)23-25-17(3)19-13-21(29)28(24(19)26-23)14-18-9-5-4-6-10-18/h16,18,20H,4-15H2,1-3H3. The van der Waals surface area contributed by atoms with Gasteiger partial charge in [-0.3, -0.25) is 14.5 Å². The van der Waals surface area contributed by atoms with E-state index in [-0.39, 0.29) is 30.6 Å². The molecule has 1 saturated heterocycles. The van der Waals surface area contributed by atoms with Gasteiger partial charge in [0.05, 0.1) is 18.6 Å². The molecule has 3 heterocycles. The van der Waals surface area contributed by atoms with Gasteiger partial charge in [-0.1, -0.05) is 19.3 Å². The summed E-state index contributed by atoms with van der Waals surface area (Å²) < 4.78 is 5.57. The van der Waals surface area contributed by atoms with Crippen LogP contribution in [-0.2, 0) is 20.7 Å². The van der Waals surface area contributed by atoms with Gasteiger partial charge in [0.25, 0.3) is 0 Å². The van der Waals surface area contributed by atoms with Crippen LogP contribution in [0.2, 0.25) is 0 Å². The molecule has 0 spiro atoms. The lowest BCUT2D eigenvalue weighted by atomic mass is 9.89. The van der Waals surface area contributed by atoms with Crippen molar-refractivity contribution in [3.63, 3.8) is 0 Å². The van der Waals surface area contributed by atoms with E-state index in [2.05, 4.69) is 0 Å². The number of anilines is 1. The van der Waals surface area contributed by atoms with Gasteiger partial charge in [0.2, 0.25) is 11.8 Å². The highest BCUT2D eigenvalue weighted by Crippen LogP contribution is 2.36. The van der Waals surface area contributed by atoms with Crippen molar-refractivity contribution in [2.45, 2.75) is 90.7 Å². The Morgan fingerprint density at radius 3 is 2.58 bits per heavy atom. The van der Waals surface area contributed by atoms with Crippen molar-refractivity contribution in [2.75, 3.05) is 24.6 Å². The van der Waals surface area contributed by atoms with Gasteiger partial charge in [-0.2, -0.15) is 0 Å². The minimum absolute atomic E-state index is 0.00436. The molecule has 3 aliphatic rings. The fourth-order valence-corrected chi connectivity index (χ4v) is 5.18. The summed E-state index contributed by atoms with van der Waals surface area (Å²) in [5.74, 6) is 2.15. The molecule has 0 bridgehead atoms. The zero-order chi connectivity index (χ0) is 22.0. The van der Waals surface area contributed by atoms with Gasteiger partial charge in [-0.25, -0.2) is 9.97 Å². The van der Waals surface area contributed by atoms with Crippen molar-refractivity contribution in [1.29, 1.82) is 0 Å². The topological polar surface area (TPSA) is 75.6 Å². The van der Waals surface area contributed by atoms with E-state index in [0.29, 0.717) is 24.7 Å². The van der Waals surface area contributed by atoms with E-state index in [1.807, 2.05) is 30.6 Å². The van der Waals surface area contributed by atoms with Crippen molar-refractivity contribution in [2.24, 2.45) is 5.92 Å². The number of nitrogens with zero attached hydrogens (tertiary/aromatic N) is 4. The van der Waals surface area contributed by atoms with Crippen molar-refractivity contribution >= 4 is 17.6 Å². The maximum atomic E-state index is 12.9. The second kappa shape index (κ2) is 9.63. The van der Waals surface area contributed by atoms with Crippen LogP contribution in [0.3, 0.4) is 0 Å². The van der Waals surface area contributed by atoms with Crippen LogP contribution >= 0.6 is 0 Å². The lowest BCUT2D eigenvalue weighted by Gasteiger charge is -2.35. The second-order valence-corrected chi connectivity index (χ2v) is 9.61. The van der Waals surface area contributed by atoms with Crippen molar-refractivity contribution in [1.82, 2.24) is 14.9 Å². The van der Waals surface area contributed by atoms with Crippen LogP contribution in [0.25, 0.3) is 0 Å². The highest BCUT2D eigenvalue weighted by molar-refractivity contribution is 6.00. The predicted molar refractivity (Wildman–Crippen MR) is 119 cm³/mol. The molecule has 0 radical (unpaired) electrons. The van der Waals surface area contributed by atoms with E-state index in [1.54, 1.807) is 0 Å². The number of hydrogen-bond acceptors (Lipinski definition) is 5. The Labute approximate surface area is 185 Å². The number of rotatable bonds is 6. The molecule has 1 aromatic heterocycles. The van der Waals surface area contributed by atoms with Crippen molar-refractivity contribution in [3.05, 3.63) is 17.1 Å². The minimum atomic E-state index is -0.145. The lowest BCUT2D eigenvalue weighted by molar-refractivity contribution is -0.141. The van der Waals surface area contributed by atoms with E-state index >= 15 is 0 Å². The number of hydrogen-bond donors (Lipinski definition) is 0. The predicted octanol–water partition coefficient (Wildman–Crippen LogP) is 3.73. The number of ether oxygens (including phenoxy) is 1. The molecule has 0 aromatic carbocycles. The smallest absolute Gasteiger partial charge is 0.249 e. The van der Waals surface area contributed by atoms with Gasteiger partial charge in [-0.15, -0.1) is 0 Å². The highest BCUT2D eigenvalue weighted by Gasteiger charge is 2.36. The van der Waals surface area contributed by atoms with E-state index in [9.17, 15) is 9.59 Å². The van der Waals surface area contributed by atoms with Crippen molar-refractivity contribution in [3.8, 4) is 0 Å². The Bertz CT molecular complexity index is 819. The minimum Gasteiger partial charge on any atom is -0.369 e. The number of fused-ring (bicyclic) bond motifs is 1.